The molecule has 0 saturated heterocycles. The zero-order chi connectivity index (χ0) is 11.0. The highest BCUT2D eigenvalue weighted by atomic mass is 16.7. The Hall–Kier alpha value is -1.14. The zero-order valence-electron chi connectivity index (χ0n) is 8.37. The van der Waals surface area contributed by atoms with Crippen molar-refractivity contribution in [3.63, 3.8) is 0 Å². The van der Waals surface area contributed by atoms with Gasteiger partial charge in [-0.25, -0.2) is 0 Å². The van der Waals surface area contributed by atoms with E-state index in [0.717, 1.165) is 0 Å². The number of amides is 1. The van der Waals surface area contributed by atoms with Crippen LogP contribution in [0.3, 0.4) is 0 Å². The third-order valence-corrected chi connectivity index (χ3v) is 1.35. The summed E-state index contributed by atoms with van der Waals surface area (Å²) in [5, 5.41) is 10.9. The van der Waals surface area contributed by atoms with E-state index in [1.54, 1.807) is 6.92 Å². The van der Waals surface area contributed by atoms with Crippen LogP contribution in [0.25, 0.3) is 0 Å². The molecular formula is C9H20N2O4. The second-order valence-electron chi connectivity index (χ2n) is 2.80. The van der Waals surface area contributed by atoms with Crippen LogP contribution in [0.15, 0.2) is 0 Å². The first-order valence-electron chi connectivity index (χ1n) is 4.43. The molecule has 0 aromatic rings. The van der Waals surface area contributed by atoms with Crippen LogP contribution in [0.5, 0.6) is 0 Å². The molecule has 0 radical (unpaired) electrons. The van der Waals surface area contributed by atoms with Gasteiger partial charge in [0.05, 0.1) is 12.5 Å². The van der Waals surface area contributed by atoms with Gasteiger partial charge in [-0.15, -0.1) is 0 Å². The van der Waals surface area contributed by atoms with Crippen molar-refractivity contribution in [3.05, 3.63) is 0 Å². The minimum Gasteiger partial charge on any atom is -0.480 e. The molecule has 0 aliphatic carbocycles. The van der Waals surface area contributed by atoms with E-state index in [1.807, 2.05) is 6.92 Å². The van der Waals surface area contributed by atoms with Gasteiger partial charge in [-0.1, -0.05) is 7.43 Å². The first kappa shape index (κ1) is 16.3. The first-order chi connectivity index (χ1) is 6.56. The molecule has 90 valence electrons. The number of rotatable bonds is 7. The highest BCUT2D eigenvalue weighted by Gasteiger charge is 2.08. The molecule has 1 atom stereocenters. The van der Waals surface area contributed by atoms with Crippen molar-refractivity contribution in [1.82, 2.24) is 10.8 Å². The number of hydrogen-bond acceptors (Lipinski definition) is 4. The van der Waals surface area contributed by atoms with Gasteiger partial charge < -0.3 is 10.4 Å². The minimum atomic E-state index is -1.00. The molecule has 6 heteroatoms. The molecule has 0 aliphatic rings. The molecule has 6 nitrogen and oxygen atoms in total. The van der Waals surface area contributed by atoms with Crippen molar-refractivity contribution in [2.75, 3.05) is 13.1 Å². The van der Waals surface area contributed by atoms with E-state index in [4.69, 9.17) is 9.94 Å². The van der Waals surface area contributed by atoms with E-state index in [-0.39, 0.29) is 32.4 Å². The normalized spacial score (nSPS) is 11.3. The van der Waals surface area contributed by atoms with Crippen LogP contribution in [0.4, 0.5) is 0 Å². The summed E-state index contributed by atoms with van der Waals surface area (Å²) < 4.78 is 0. The van der Waals surface area contributed by atoms with Gasteiger partial charge in [-0.2, -0.15) is 5.48 Å². The molecule has 0 bridgehead atoms. The van der Waals surface area contributed by atoms with Crippen LogP contribution in [0, 0.1) is 0 Å². The van der Waals surface area contributed by atoms with Gasteiger partial charge >= 0.3 is 5.97 Å². The minimum absolute atomic E-state index is 0. The summed E-state index contributed by atoms with van der Waals surface area (Å²) in [6.45, 7) is 3.81. The molecule has 0 rings (SSSR count). The lowest BCUT2D eigenvalue weighted by molar-refractivity contribution is -0.140. The fraction of sp³-hybridized carbons (Fsp3) is 0.778. The molecule has 0 aromatic carbocycles. The van der Waals surface area contributed by atoms with Gasteiger partial charge in [0.25, 0.3) is 0 Å². The molecule has 1 amide bonds. The second kappa shape index (κ2) is 9.42. The van der Waals surface area contributed by atoms with E-state index in [1.165, 1.54) is 0 Å². The molecule has 1 unspecified atom stereocenters. The SMILES string of the molecule is C.CCNC(=O)CC(C)ONCC(=O)O. The van der Waals surface area contributed by atoms with Crippen molar-refractivity contribution < 1.29 is 19.5 Å². The van der Waals surface area contributed by atoms with Crippen LogP contribution in [-0.2, 0) is 14.4 Å². The van der Waals surface area contributed by atoms with Crippen LogP contribution in [0.2, 0.25) is 0 Å². The molecule has 0 fully saturated rings. The highest BCUT2D eigenvalue weighted by molar-refractivity contribution is 5.76. The Bertz CT molecular complexity index is 197. The van der Waals surface area contributed by atoms with Gasteiger partial charge in [0.2, 0.25) is 5.91 Å². The Morgan fingerprint density at radius 2 is 2.07 bits per heavy atom. The lowest BCUT2D eigenvalue weighted by atomic mass is 10.3. The highest BCUT2D eigenvalue weighted by Crippen LogP contribution is 1.94. The third kappa shape index (κ3) is 10.8. The molecule has 0 aliphatic heterocycles. The Kier molecular flexibility index (Phi) is 10.2. The summed E-state index contributed by atoms with van der Waals surface area (Å²) >= 11 is 0. The number of hydrogen-bond donors (Lipinski definition) is 3. The van der Waals surface area contributed by atoms with Crippen LogP contribution in [0.1, 0.15) is 27.7 Å². The molecular weight excluding hydrogens is 200 g/mol. The largest absolute Gasteiger partial charge is 0.480 e. The number of nitrogens with one attached hydrogen (secondary N) is 2. The summed E-state index contributed by atoms with van der Waals surface area (Å²) in [6.07, 6.45) is -0.138. The van der Waals surface area contributed by atoms with E-state index in [0.29, 0.717) is 6.54 Å². The number of carboxylic acid groups (broad SMARTS) is 1. The Morgan fingerprint density at radius 3 is 2.53 bits per heavy atom. The summed E-state index contributed by atoms with van der Waals surface area (Å²) in [5.74, 6) is -1.12. The van der Waals surface area contributed by atoms with Gasteiger partial charge in [0.1, 0.15) is 6.54 Å². The average Bonchev–Trinajstić information content (AvgIpc) is 2.03. The fourth-order valence-corrected chi connectivity index (χ4v) is 0.818. The molecule has 0 heterocycles. The van der Waals surface area contributed by atoms with Crippen molar-refractivity contribution in [1.29, 1.82) is 0 Å². The number of carboxylic acids is 1. The van der Waals surface area contributed by atoms with Crippen molar-refractivity contribution >= 4 is 11.9 Å². The summed E-state index contributed by atoms with van der Waals surface area (Å²) in [7, 11) is 0. The number of carbonyl (C=O) groups excluding carboxylic acids is 1. The quantitative estimate of drug-likeness (QED) is 0.531. The van der Waals surface area contributed by atoms with Crippen molar-refractivity contribution in [2.24, 2.45) is 0 Å². The third-order valence-electron chi connectivity index (χ3n) is 1.35. The summed E-state index contributed by atoms with van der Waals surface area (Å²) in [4.78, 5) is 26.0. The lowest BCUT2D eigenvalue weighted by Gasteiger charge is -2.11. The predicted molar refractivity (Wildman–Crippen MR) is 56.2 cm³/mol. The van der Waals surface area contributed by atoms with E-state index in [9.17, 15) is 9.59 Å². The predicted octanol–water partition coefficient (Wildman–Crippen LogP) is 0.143. The van der Waals surface area contributed by atoms with Crippen molar-refractivity contribution in [2.45, 2.75) is 33.8 Å². The average molecular weight is 220 g/mol. The Morgan fingerprint density at radius 1 is 1.47 bits per heavy atom. The van der Waals surface area contributed by atoms with Crippen LogP contribution in [-0.4, -0.2) is 36.2 Å². The monoisotopic (exact) mass is 220 g/mol. The maximum Gasteiger partial charge on any atom is 0.319 e. The molecule has 15 heavy (non-hydrogen) atoms. The van der Waals surface area contributed by atoms with Crippen LogP contribution < -0.4 is 10.8 Å². The molecule has 0 spiro atoms. The number of hydroxylamine groups is 1. The van der Waals surface area contributed by atoms with E-state index >= 15 is 0 Å². The van der Waals surface area contributed by atoms with E-state index < -0.39 is 5.97 Å². The molecule has 3 N–H and O–H groups in total. The Balaban J connectivity index is 0. The lowest BCUT2D eigenvalue weighted by Crippen LogP contribution is -2.32. The number of aliphatic carboxylic acids is 1. The fourth-order valence-electron chi connectivity index (χ4n) is 0.818. The Labute approximate surface area is 89.9 Å². The topological polar surface area (TPSA) is 87.7 Å². The second-order valence-corrected chi connectivity index (χ2v) is 2.80. The van der Waals surface area contributed by atoms with Gasteiger partial charge in [0.15, 0.2) is 0 Å². The summed E-state index contributed by atoms with van der Waals surface area (Å²) in [6, 6.07) is 0. The van der Waals surface area contributed by atoms with Gasteiger partial charge in [-0.3, -0.25) is 14.4 Å². The maximum atomic E-state index is 11.0. The number of carbonyl (C=O) groups is 2. The smallest absolute Gasteiger partial charge is 0.319 e. The van der Waals surface area contributed by atoms with E-state index in [2.05, 4.69) is 10.8 Å². The van der Waals surface area contributed by atoms with Crippen LogP contribution >= 0.6 is 0 Å². The molecule has 0 aromatic heterocycles. The maximum absolute atomic E-state index is 11.0. The zero-order valence-corrected chi connectivity index (χ0v) is 8.37. The van der Waals surface area contributed by atoms with Gasteiger partial charge in [0, 0.05) is 6.54 Å². The summed E-state index contributed by atoms with van der Waals surface area (Å²) in [5.41, 5.74) is 2.25. The molecule has 0 saturated carbocycles. The van der Waals surface area contributed by atoms with Crippen molar-refractivity contribution in [3.8, 4) is 0 Å². The first-order valence-corrected chi connectivity index (χ1v) is 4.43. The standard InChI is InChI=1S/C8H16N2O4.CH4/c1-3-9-7(11)4-6(2)14-10-5-8(12)13;/h6,10H,3-5H2,1-2H3,(H,9,11)(H,12,13);1H4. The van der Waals surface area contributed by atoms with Gasteiger partial charge in [-0.05, 0) is 13.8 Å².